The zero-order valence-corrected chi connectivity index (χ0v) is 12.3. The molecule has 1 aromatic rings. The molecule has 0 aliphatic carbocycles. The molecule has 2 heteroatoms. The van der Waals surface area contributed by atoms with Crippen molar-refractivity contribution in [1.29, 1.82) is 0 Å². The molecule has 0 spiro atoms. The van der Waals surface area contributed by atoms with Crippen LogP contribution in [0.3, 0.4) is 0 Å². The molecule has 1 saturated heterocycles. The van der Waals surface area contributed by atoms with Gasteiger partial charge in [0, 0.05) is 13.2 Å². The first-order valence-corrected chi connectivity index (χ1v) is 7.68. The fraction of sp³-hybridized carbons (Fsp3) is 0.647. The van der Waals surface area contributed by atoms with Crippen molar-refractivity contribution < 1.29 is 4.74 Å². The van der Waals surface area contributed by atoms with Crippen molar-refractivity contribution in [3.8, 4) is 0 Å². The Hall–Kier alpha value is -0.860. The van der Waals surface area contributed by atoms with Gasteiger partial charge in [0.15, 0.2) is 0 Å². The molecule has 0 N–H and O–H groups in total. The SMILES string of the molecule is CCCC(C(OC)c1ccccc1)N1CCCCC1. The normalized spacial score (nSPS) is 20.1. The van der Waals surface area contributed by atoms with Gasteiger partial charge in [-0.15, -0.1) is 0 Å². The molecule has 1 fully saturated rings. The highest BCUT2D eigenvalue weighted by Gasteiger charge is 2.28. The average Bonchev–Trinajstić information content (AvgIpc) is 2.49. The highest BCUT2D eigenvalue weighted by molar-refractivity contribution is 5.19. The van der Waals surface area contributed by atoms with Crippen molar-refractivity contribution >= 4 is 0 Å². The largest absolute Gasteiger partial charge is 0.375 e. The summed E-state index contributed by atoms with van der Waals surface area (Å²) in [5, 5.41) is 0. The summed E-state index contributed by atoms with van der Waals surface area (Å²) in [4.78, 5) is 2.65. The Balaban J connectivity index is 2.15. The Morgan fingerprint density at radius 1 is 1.11 bits per heavy atom. The number of hydrogen-bond donors (Lipinski definition) is 0. The topological polar surface area (TPSA) is 12.5 Å². The lowest BCUT2D eigenvalue weighted by Gasteiger charge is -2.38. The predicted molar refractivity (Wildman–Crippen MR) is 80.3 cm³/mol. The van der Waals surface area contributed by atoms with Crippen LogP contribution < -0.4 is 0 Å². The van der Waals surface area contributed by atoms with Gasteiger partial charge in [0.25, 0.3) is 0 Å². The number of piperidine rings is 1. The molecule has 0 bridgehead atoms. The first-order valence-electron chi connectivity index (χ1n) is 7.68. The fourth-order valence-corrected chi connectivity index (χ4v) is 3.23. The van der Waals surface area contributed by atoms with Gasteiger partial charge in [0.2, 0.25) is 0 Å². The maximum Gasteiger partial charge on any atom is 0.0976 e. The van der Waals surface area contributed by atoms with Gasteiger partial charge in [0.1, 0.15) is 0 Å². The summed E-state index contributed by atoms with van der Waals surface area (Å²) in [7, 11) is 1.85. The zero-order chi connectivity index (χ0) is 13.5. The van der Waals surface area contributed by atoms with Crippen molar-refractivity contribution in [2.45, 2.75) is 51.2 Å². The first-order chi connectivity index (χ1) is 9.36. The predicted octanol–water partition coefficient (Wildman–Crippen LogP) is 4.03. The molecule has 2 rings (SSSR count). The van der Waals surface area contributed by atoms with Crippen molar-refractivity contribution in [2.75, 3.05) is 20.2 Å². The second-order valence-corrected chi connectivity index (χ2v) is 5.52. The van der Waals surface area contributed by atoms with E-state index in [0.29, 0.717) is 6.04 Å². The fourth-order valence-electron chi connectivity index (χ4n) is 3.23. The number of rotatable bonds is 6. The van der Waals surface area contributed by atoms with E-state index < -0.39 is 0 Å². The monoisotopic (exact) mass is 261 g/mol. The van der Waals surface area contributed by atoms with E-state index in [1.165, 1.54) is 50.8 Å². The first kappa shape index (κ1) is 14.5. The quantitative estimate of drug-likeness (QED) is 0.766. The Bertz CT molecular complexity index is 346. The molecule has 1 heterocycles. The average molecular weight is 261 g/mol. The third-order valence-electron chi connectivity index (χ3n) is 4.18. The zero-order valence-electron chi connectivity index (χ0n) is 12.3. The van der Waals surface area contributed by atoms with Crippen LogP contribution in [0.4, 0.5) is 0 Å². The van der Waals surface area contributed by atoms with E-state index in [2.05, 4.69) is 42.2 Å². The number of nitrogens with zero attached hydrogens (tertiary/aromatic N) is 1. The molecule has 1 aliphatic rings. The van der Waals surface area contributed by atoms with Gasteiger partial charge < -0.3 is 4.74 Å². The number of hydrogen-bond acceptors (Lipinski definition) is 2. The van der Waals surface area contributed by atoms with E-state index >= 15 is 0 Å². The minimum absolute atomic E-state index is 0.208. The van der Waals surface area contributed by atoms with Crippen LogP contribution in [0.2, 0.25) is 0 Å². The molecule has 0 amide bonds. The van der Waals surface area contributed by atoms with Crippen molar-refractivity contribution in [2.24, 2.45) is 0 Å². The van der Waals surface area contributed by atoms with E-state index in [0.717, 1.165) is 0 Å². The van der Waals surface area contributed by atoms with Crippen LogP contribution in [-0.2, 0) is 4.74 Å². The lowest BCUT2D eigenvalue weighted by molar-refractivity contribution is 0.000904. The lowest BCUT2D eigenvalue weighted by atomic mass is 9.95. The second kappa shape index (κ2) is 7.66. The summed E-state index contributed by atoms with van der Waals surface area (Å²) in [5.74, 6) is 0. The van der Waals surface area contributed by atoms with Crippen LogP contribution >= 0.6 is 0 Å². The molecule has 1 aromatic carbocycles. The Kier molecular flexibility index (Phi) is 5.87. The van der Waals surface area contributed by atoms with Gasteiger partial charge in [-0.25, -0.2) is 0 Å². The molecule has 1 aliphatic heterocycles. The van der Waals surface area contributed by atoms with E-state index in [4.69, 9.17) is 4.74 Å². The van der Waals surface area contributed by atoms with Crippen molar-refractivity contribution in [3.63, 3.8) is 0 Å². The van der Waals surface area contributed by atoms with Gasteiger partial charge >= 0.3 is 0 Å². The summed E-state index contributed by atoms with van der Waals surface area (Å²) in [6, 6.07) is 11.2. The Morgan fingerprint density at radius 2 is 1.79 bits per heavy atom. The molecule has 0 aromatic heterocycles. The Labute approximate surface area is 117 Å². The highest BCUT2D eigenvalue weighted by Crippen LogP contribution is 2.29. The van der Waals surface area contributed by atoms with Crippen LogP contribution in [0.1, 0.15) is 50.7 Å². The van der Waals surface area contributed by atoms with Crippen molar-refractivity contribution in [3.05, 3.63) is 35.9 Å². The number of benzene rings is 1. The summed E-state index contributed by atoms with van der Waals surface area (Å²) < 4.78 is 5.86. The molecule has 19 heavy (non-hydrogen) atoms. The molecule has 2 atom stereocenters. The highest BCUT2D eigenvalue weighted by atomic mass is 16.5. The minimum atomic E-state index is 0.208. The van der Waals surface area contributed by atoms with E-state index in [9.17, 15) is 0 Å². The minimum Gasteiger partial charge on any atom is -0.375 e. The van der Waals surface area contributed by atoms with Gasteiger partial charge in [-0.1, -0.05) is 50.1 Å². The molecular formula is C17H27NO. The van der Waals surface area contributed by atoms with Crippen LogP contribution in [0, 0.1) is 0 Å². The van der Waals surface area contributed by atoms with E-state index in [-0.39, 0.29) is 6.10 Å². The second-order valence-electron chi connectivity index (χ2n) is 5.52. The molecule has 2 unspecified atom stereocenters. The summed E-state index contributed by atoms with van der Waals surface area (Å²) in [6.45, 7) is 4.74. The smallest absolute Gasteiger partial charge is 0.0976 e. The maximum atomic E-state index is 5.86. The van der Waals surface area contributed by atoms with Crippen molar-refractivity contribution in [1.82, 2.24) is 4.90 Å². The number of likely N-dealkylation sites (tertiary alicyclic amines) is 1. The molecular weight excluding hydrogens is 234 g/mol. The summed E-state index contributed by atoms with van der Waals surface area (Å²) in [6.07, 6.45) is 6.70. The van der Waals surface area contributed by atoms with Gasteiger partial charge in [-0.3, -0.25) is 4.90 Å². The molecule has 0 radical (unpaired) electrons. The van der Waals surface area contributed by atoms with Crippen LogP contribution in [0.15, 0.2) is 30.3 Å². The number of methoxy groups -OCH3 is 1. The van der Waals surface area contributed by atoms with Gasteiger partial charge in [0.05, 0.1) is 6.10 Å². The molecule has 0 saturated carbocycles. The number of ether oxygens (including phenoxy) is 1. The van der Waals surface area contributed by atoms with Crippen LogP contribution in [-0.4, -0.2) is 31.1 Å². The third kappa shape index (κ3) is 3.80. The molecule has 106 valence electrons. The van der Waals surface area contributed by atoms with Gasteiger partial charge in [-0.05, 0) is 37.9 Å². The lowest BCUT2D eigenvalue weighted by Crippen LogP contribution is -2.43. The van der Waals surface area contributed by atoms with Crippen LogP contribution in [0.25, 0.3) is 0 Å². The third-order valence-corrected chi connectivity index (χ3v) is 4.18. The summed E-state index contributed by atoms with van der Waals surface area (Å²) in [5.41, 5.74) is 1.31. The Morgan fingerprint density at radius 3 is 2.37 bits per heavy atom. The van der Waals surface area contributed by atoms with E-state index in [1.54, 1.807) is 0 Å². The summed E-state index contributed by atoms with van der Waals surface area (Å²) >= 11 is 0. The van der Waals surface area contributed by atoms with Crippen LogP contribution in [0.5, 0.6) is 0 Å². The van der Waals surface area contributed by atoms with Gasteiger partial charge in [-0.2, -0.15) is 0 Å². The maximum absolute atomic E-state index is 5.86. The van der Waals surface area contributed by atoms with E-state index in [1.807, 2.05) is 7.11 Å². The standard InChI is InChI=1S/C17H27NO/c1-3-10-16(18-13-8-5-9-14-18)17(19-2)15-11-6-4-7-12-15/h4,6-7,11-12,16-17H,3,5,8-10,13-14H2,1-2H3. The molecule has 2 nitrogen and oxygen atoms in total.